The molecule has 16 heavy (non-hydrogen) atoms. The van der Waals surface area contributed by atoms with E-state index in [1.54, 1.807) is 0 Å². The molecule has 0 aromatic heterocycles. The number of hydrogen-bond acceptors (Lipinski definition) is 1. The predicted octanol–water partition coefficient (Wildman–Crippen LogP) is 3.15. The Hall–Kier alpha value is -1.94. The van der Waals surface area contributed by atoms with Crippen molar-refractivity contribution < 1.29 is 0 Å². The topological polar surface area (TPSA) is 12.0 Å². The van der Waals surface area contributed by atoms with Gasteiger partial charge < -0.3 is 5.32 Å². The lowest BCUT2D eigenvalue weighted by Crippen LogP contribution is -2.20. The van der Waals surface area contributed by atoms with E-state index in [1.807, 2.05) is 24.3 Å². The van der Waals surface area contributed by atoms with Crippen molar-refractivity contribution in [1.82, 2.24) is 5.32 Å². The van der Waals surface area contributed by atoms with Crippen LogP contribution in [0.3, 0.4) is 0 Å². The van der Waals surface area contributed by atoms with Gasteiger partial charge in [0.15, 0.2) is 0 Å². The Kier molecular flexibility index (Phi) is 2.83. The summed E-state index contributed by atoms with van der Waals surface area (Å²) in [7, 11) is 0. The van der Waals surface area contributed by atoms with Crippen LogP contribution in [0.5, 0.6) is 0 Å². The largest absolute Gasteiger partial charge is 0.359 e. The standard InChI is InChI=1S/C15H15N/c1-4-13-6-8-14(9-7-13)15-10-5-11(2)12(3)16-15/h1,6-11,16H,3,5H2,2H3. The third-order valence-electron chi connectivity index (χ3n) is 2.93. The van der Waals surface area contributed by atoms with Crippen molar-refractivity contribution in [2.75, 3.05) is 0 Å². The summed E-state index contributed by atoms with van der Waals surface area (Å²) in [6.45, 7) is 6.19. The van der Waals surface area contributed by atoms with Crippen LogP contribution < -0.4 is 5.32 Å². The molecule has 1 atom stereocenters. The number of benzene rings is 1. The number of rotatable bonds is 1. The SMILES string of the molecule is C#Cc1ccc(C2=CCC(C)C(=C)N2)cc1. The molecule has 0 aliphatic carbocycles. The Bertz CT molecular complexity index is 471. The molecule has 80 valence electrons. The Morgan fingerprint density at radius 1 is 1.38 bits per heavy atom. The molecule has 1 aliphatic rings. The zero-order valence-corrected chi connectivity index (χ0v) is 9.46. The van der Waals surface area contributed by atoms with Crippen molar-refractivity contribution in [2.45, 2.75) is 13.3 Å². The maximum atomic E-state index is 5.32. The summed E-state index contributed by atoms with van der Waals surface area (Å²) in [6.07, 6.45) is 8.58. The van der Waals surface area contributed by atoms with Gasteiger partial charge in [-0.25, -0.2) is 0 Å². The zero-order valence-electron chi connectivity index (χ0n) is 9.46. The van der Waals surface area contributed by atoms with Crippen LogP contribution in [0, 0.1) is 18.3 Å². The van der Waals surface area contributed by atoms with E-state index in [9.17, 15) is 0 Å². The van der Waals surface area contributed by atoms with E-state index >= 15 is 0 Å². The van der Waals surface area contributed by atoms with Crippen molar-refractivity contribution in [3.8, 4) is 12.3 Å². The summed E-state index contributed by atoms with van der Waals surface area (Å²) < 4.78 is 0. The second kappa shape index (κ2) is 4.28. The summed E-state index contributed by atoms with van der Waals surface area (Å²) in [5, 5.41) is 3.33. The minimum Gasteiger partial charge on any atom is -0.359 e. The normalized spacial score (nSPS) is 19.6. The average Bonchev–Trinajstić information content (AvgIpc) is 2.33. The van der Waals surface area contributed by atoms with Crippen molar-refractivity contribution in [1.29, 1.82) is 0 Å². The fourth-order valence-electron chi connectivity index (χ4n) is 1.72. The zero-order chi connectivity index (χ0) is 11.5. The molecular weight excluding hydrogens is 194 g/mol. The molecule has 1 aromatic rings. The van der Waals surface area contributed by atoms with Gasteiger partial charge in [0.2, 0.25) is 0 Å². The number of nitrogens with one attached hydrogen (secondary N) is 1. The smallest absolute Gasteiger partial charge is 0.0415 e. The number of terminal acetylenes is 1. The van der Waals surface area contributed by atoms with Crippen LogP contribution in [0.25, 0.3) is 5.70 Å². The van der Waals surface area contributed by atoms with Gasteiger partial charge in [0.25, 0.3) is 0 Å². The molecule has 0 spiro atoms. The van der Waals surface area contributed by atoms with E-state index in [4.69, 9.17) is 6.42 Å². The summed E-state index contributed by atoms with van der Waals surface area (Å²) in [5.74, 6) is 3.12. The summed E-state index contributed by atoms with van der Waals surface area (Å²) >= 11 is 0. The molecule has 1 aliphatic heterocycles. The highest BCUT2D eigenvalue weighted by Gasteiger charge is 2.13. The van der Waals surface area contributed by atoms with Gasteiger partial charge in [0.05, 0.1) is 0 Å². The molecule has 0 amide bonds. The van der Waals surface area contributed by atoms with E-state index in [2.05, 4.69) is 30.8 Å². The second-order valence-electron chi connectivity index (χ2n) is 4.13. The van der Waals surface area contributed by atoms with Gasteiger partial charge in [-0.15, -0.1) is 6.42 Å². The van der Waals surface area contributed by atoms with Crippen LogP contribution in [0.2, 0.25) is 0 Å². The average molecular weight is 209 g/mol. The van der Waals surface area contributed by atoms with Gasteiger partial charge in [-0.05, 0) is 30.0 Å². The molecule has 1 nitrogen and oxygen atoms in total. The molecule has 1 N–H and O–H groups in total. The minimum absolute atomic E-state index is 0.508. The molecule has 1 heterocycles. The van der Waals surface area contributed by atoms with Gasteiger partial charge >= 0.3 is 0 Å². The van der Waals surface area contributed by atoms with Crippen LogP contribution in [0.4, 0.5) is 0 Å². The van der Waals surface area contributed by atoms with E-state index in [0.717, 1.165) is 28.9 Å². The van der Waals surface area contributed by atoms with Crippen LogP contribution in [0.1, 0.15) is 24.5 Å². The Labute approximate surface area is 96.9 Å². The van der Waals surface area contributed by atoms with E-state index < -0.39 is 0 Å². The first kappa shape index (κ1) is 10.6. The fraction of sp³-hybridized carbons (Fsp3) is 0.200. The first-order chi connectivity index (χ1) is 7.70. The van der Waals surface area contributed by atoms with Gasteiger partial charge in [0.1, 0.15) is 0 Å². The summed E-state index contributed by atoms with van der Waals surface area (Å²) in [6, 6.07) is 7.99. The van der Waals surface area contributed by atoms with E-state index in [-0.39, 0.29) is 0 Å². The molecule has 1 unspecified atom stereocenters. The van der Waals surface area contributed by atoms with Gasteiger partial charge in [-0.2, -0.15) is 0 Å². The van der Waals surface area contributed by atoms with Crippen LogP contribution in [-0.4, -0.2) is 0 Å². The first-order valence-electron chi connectivity index (χ1n) is 5.43. The fourth-order valence-corrected chi connectivity index (χ4v) is 1.72. The number of allylic oxidation sites excluding steroid dienone is 2. The lowest BCUT2D eigenvalue weighted by Gasteiger charge is -2.23. The highest BCUT2D eigenvalue weighted by atomic mass is 14.9. The van der Waals surface area contributed by atoms with Gasteiger partial charge in [0, 0.05) is 17.0 Å². The third kappa shape index (κ3) is 2.01. The van der Waals surface area contributed by atoms with Crippen LogP contribution >= 0.6 is 0 Å². The monoisotopic (exact) mass is 209 g/mol. The maximum absolute atomic E-state index is 5.32. The van der Waals surface area contributed by atoms with Crippen molar-refractivity contribution in [2.24, 2.45) is 5.92 Å². The summed E-state index contributed by atoms with van der Waals surface area (Å²) in [4.78, 5) is 0. The van der Waals surface area contributed by atoms with Gasteiger partial charge in [-0.1, -0.05) is 37.6 Å². The second-order valence-corrected chi connectivity index (χ2v) is 4.13. The third-order valence-corrected chi connectivity index (χ3v) is 2.93. The predicted molar refractivity (Wildman–Crippen MR) is 68.4 cm³/mol. The molecule has 1 heteroatoms. The van der Waals surface area contributed by atoms with Crippen molar-refractivity contribution >= 4 is 5.70 Å². The van der Waals surface area contributed by atoms with Gasteiger partial charge in [-0.3, -0.25) is 0 Å². The molecule has 0 saturated heterocycles. The minimum atomic E-state index is 0.508. The first-order valence-corrected chi connectivity index (χ1v) is 5.43. The maximum Gasteiger partial charge on any atom is 0.0415 e. The molecule has 0 saturated carbocycles. The Morgan fingerprint density at radius 3 is 2.62 bits per heavy atom. The lowest BCUT2D eigenvalue weighted by molar-refractivity contribution is 0.641. The van der Waals surface area contributed by atoms with Crippen molar-refractivity contribution in [3.63, 3.8) is 0 Å². The molecule has 0 radical (unpaired) electrons. The van der Waals surface area contributed by atoms with Crippen LogP contribution in [-0.2, 0) is 0 Å². The summed E-state index contributed by atoms with van der Waals surface area (Å²) in [5.41, 5.74) is 4.28. The number of hydrogen-bond donors (Lipinski definition) is 1. The lowest BCUT2D eigenvalue weighted by atomic mass is 9.97. The molecule has 0 bridgehead atoms. The highest BCUT2D eigenvalue weighted by molar-refractivity contribution is 5.67. The molecular formula is C15H15N. The quantitative estimate of drug-likeness (QED) is 0.701. The molecule has 0 fully saturated rings. The van der Waals surface area contributed by atoms with Crippen molar-refractivity contribution in [3.05, 3.63) is 53.7 Å². The van der Waals surface area contributed by atoms with Crippen LogP contribution in [0.15, 0.2) is 42.6 Å². The highest BCUT2D eigenvalue weighted by Crippen LogP contribution is 2.24. The molecule has 1 aromatic carbocycles. The van der Waals surface area contributed by atoms with E-state index in [1.165, 1.54) is 0 Å². The Morgan fingerprint density at radius 2 is 2.06 bits per heavy atom. The Balaban J connectivity index is 2.25. The van der Waals surface area contributed by atoms with E-state index in [0.29, 0.717) is 5.92 Å². The molecule has 2 rings (SSSR count).